The molecule has 1 saturated heterocycles. The summed E-state index contributed by atoms with van der Waals surface area (Å²) >= 11 is 0. The molecule has 2 aliphatic heterocycles. The van der Waals surface area contributed by atoms with Gasteiger partial charge in [-0.3, -0.25) is 9.69 Å². The van der Waals surface area contributed by atoms with Crippen LogP contribution in [0.5, 0.6) is 0 Å². The van der Waals surface area contributed by atoms with E-state index in [-0.39, 0.29) is 18.3 Å². The molecule has 28 heavy (non-hydrogen) atoms. The highest BCUT2D eigenvalue weighted by atomic mass is 16.6. The zero-order valence-electron chi connectivity index (χ0n) is 16.0. The van der Waals surface area contributed by atoms with Gasteiger partial charge in [0.2, 0.25) is 11.6 Å². The first-order valence-electron chi connectivity index (χ1n) is 9.82. The maximum Gasteiger partial charge on any atom is 0.430 e. The molecule has 4 rings (SSSR count). The van der Waals surface area contributed by atoms with Gasteiger partial charge in [0, 0.05) is 25.1 Å². The van der Waals surface area contributed by atoms with Crippen LogP contribution in [-0.2, 0) is 19.0 Å². The van der Waals surface area contributed by atoms with Crippen molar-refractivity contribution in [1.29, 1.82) is 0 Å². The molecule has 150 valence electrons. The standard InChI is InChI=1S/C20H25N3O5/c1-2-27-19(25)23-16-9-6-10-17(24)20(16,22-11-13-26-14-12-22)28-18(21-23)15-7-4-3-5-8-15/h3-5,7-8,16H,2,6,9-14H2,1H3. The van der Waals surface area contributed by atoms with Gasteiger partial charge in [-0.2, -0.15) is 5.01 Å². The first-order valence-corrected chi connectivity index (χ1v) is 9.82. The summed E-state index contributed by atoms with van der Waals surface area (Å²) in [5.74, 6) is 0.231. The lowest BCUT2D eigenvalue weighted by Gasteiger charge is -2.53. The van der Waals surface area contributed by atoms with Crippen molar-refractivity contribution in [3.63, 3.8) is 0 Å². The highest BCUT2D eigenvalue weighted by Gasteiger charge is 2.60. The SMILES string of the molecule is CCOC(=O)N1N=C(c2ccccc2)OC2(N3CCOCC3)C(=O)CCCC12. The number of rotatable bonds is 3. The van der Waals surface area contributed by atoms with E-state index in [0.717, 1.165) is 0 Å². The van der Waals surface area contributed by atoms with E-state index in [4.69, 9.17) is 14.2 Å². The van der Waals surface area contributed by atoms with Crippen molar-refractivity contribution >= 4 is 17.8 Å². The number of hydrogen-bond acceptors (Lipinski definition) is 7. The van der Waals surface area contributed by atoms with Crippen LogP contribution in [0.3, 0.4) is 0 Å². The van der Waals surface area contributed by atoms with Crippen molar-refractivity contribution in [2.45, 2.75) is 38.0 Å². The number of ketones is 1. The number of hydrogen-bond donors (Lipinski definition) is 0. The van der Waals surface area contributed by atoms with E-state index >= 15 is 0 Å². The van der Waals surface area contributed by atoms with E-state index in [9.17, 15) is 9.59 Å². The Morgan fingerprint density at radius 1 is 1.29 bits per heavy atom. The molecule has 0 spiro atoms. The zero-order chi connectivity index (χ0) is 19.6. The second-order valence-corrected chi connectivity index (χ2v) is 7.04. The van der Waals surface area contributed by atoms with E-state index in [1.807, 2.05) is 35.2 Å². The van der Waals surface area contributed by atoms with Crippen LogP contribution in [0, 0.1) is 0 Å². The van der Waals surface area contributed by atoms with Crippen LogP contribution in [0.25, 0.3) is 0 Å². The van der Waals surface area contributed by atoms with E-state index in [1.54, 1.807) is 6.92 Å². The van der Waals surface area contributed by atoms with Crippen molar-refractivity contribution in [3.8, 4) is 0 Å². The largest absolute Gasteiger partial charge is 0.448 e. The lowest BCUT2D eigenvalue weighted by molar-refractivity contribution is -0.196. The molecule has 2 heterocycles. The minimum Gasteiger partial charge on any atom is -0.448 e. The van der Waals surface area contributed by atoms with Crippen molar-refractivity contribution in [3.05, 3.63) is 35.9 Å². The Labute approximate surface area is 164 Å². The summed E-state index contributed by atoms with van der Waals surface area (Å²) in [5.41, 5.74) is -0.553. The van der Waals surface area contributed by atoms with Gasteiger partial charge in [0.1, 0.15) is 6.04 Å². The third-order valence-corrected chi connectivity index (χ3v) is 5.44. The topological polar surface area (TPSA) is 80.7 Å². The van der Waals surface area contributed by atoms with Gasteiger partial charge in [0.25, 0.3) is 0 Å². The fourth-order valence-electron chi connectivity index (χ4n) is 4.17. The van der Waals surface area contributed by atoms with Gasteiger partial charge in [-0.05, 0) is 31.9 Å². The van der Waals surface area contributed by atoms with Crippen LogP contribution in [-0.4, -0.2) is 72.4 Å². The predicted molar refractivity (Wildman–Crippen MR) is 101 cm³/mol. The fourth-order valence-corrected chi connectivity index (χ4v) is 4.17. The fraction of sp³-hybridized carbons (Fsp3) is 0.550. The lowest BCUT2D eigenvalue weighted by atomic mass is 9.82. The van der Waals surface area contributed by atoms with Crippen molar-refractivity contribution in [2.24, 2.45) is 5.10 Å². The summed E-state index contributed by atoms with van der Waals surface area (Å²) in [6.45, 7) is 4.13. The molecular weight excluding hydrogens is 362 g/mol. The molecule has 8 nitrogen and oxygen atoms in total. The second-order valence-electron chi connectivity index (χ2n) is 7.04. The molecule has 0 bridgehead atoms. The molecule has 1 amide bonds. The highest BCUT2D eigenvalue weighted by molar-refractivity contribution is 6.00. The molecule has 1 saturated carbocycles. The number of benzene rings is 1. The number of fused-ring (bicyclic) bond motifs is 1. The summed E-state index contributed by atoms with van der Waals surface area (Å²) in [7, 11) is 0. The Balaban J connectivity index is 1.81. The Morgan fingerprint density at radius 3 is 2.75 bits per heavy atom. The highest BCUT2D eigenvalue weighted by Crippen LogP contribution is 2.40. The Hall–Kier alpha value is -2.45. The van der Waals surface area contributed by atoms with Crippen molar-refractivity contribution < 1.29 is 23.8 Å². The summed E-state index contributed by atoms with van der Waals surface area (Å²) in [5, 5.41) is 5.79. The average Bonchev–Trinajstić information content (AvgIpc) is 2.75. The van der Waals surface area contributed by atoms with E-state index < -0.39 is 17.9 Å². The Kier molecular flexibility index (Phi) is 5.32. The Morgan fingerprint density at radius 2 is 2.04 bits per heavy atom. The maximum atomic E-state index is 13.3. The molecule has 1 aromatic rings. The molecule has 0 aromatic heterocycles. The van der Waals surface area contributed by atoms with Crippen molar-refractivity contribution in [2.75, 3.05) is 32.9 Å². The van der Waals surface area contributed by atoms with Gasteiger partial charge in [-0.15, -0.1) is 5.10 Å². The summed E-state index contributed by atoms with van der Waals surface area (Å²) in [6.07, 6.45) is 1.15. The predicted octanol–water partition coefficient (Wildman–Crippen LogP) is 1.99. The summed E-state index contributed by atoms with van der Waals surface area (Å²) in [6, 6.07) is 8.80. The van der Waals surface area contributed by atoms with E-state index in [2.05, 4.69) is 5.10 Å². The Bertz CT molecular complexity index is 762. The number of hydrazone groups is 1. The number of carbonyl (C=O) groups excluding carboxylic acids is 2. The molecule has 2 unspecified atom stereocenters. The number of ether oxygens (including phenoxy) is 3. The molecule has 1 aliphatic carbocycles. The van der Waals surface area contributed by atoms with Gasteiger partial charge < -0.3 is 14.2 Å². The first-order chi connectivity index (χ1) is 13.7. The smallest absolute Gasteiger partial charge is 0.430 e. The molecule has 2 atom stereocenters. The van der Waals surface area contributed by atoms with Crippen molar-refractivity contribution in [1.82, 2.24) is 9.91 Å². The van der Waals surface area contributed by atoms with Crippen LogP contribution < -0.4 is 0 Å². The normalized spacial score (nSPS) is 28.2. The third kappa shape index (κ3) is 3.16. The number of Topliss-reactive ketones (excluding diaryl/α,β-unsaturated/α-hetero) is 1. The molecule has 1 aromatic carbocycles. The maximum absolute atomic E-state index is 13.3. The van der Waals surface area contributed by atoms with Gasteiger partial charge >= 0.3 is 6.09 Å². The van der Waals surface area contributed by atoms with Crippen LogP contribution in [0.4, 0.5) is 4.79 Å². The van der Waals surface area contributed by atoms with Crippen LogP contribution in [0.1, 0.15) is 31.7 Å². The van der Waals surface area contributed by atoms with Crippen LogP contribution >= 0.6 is 0 Å². The van der Waals surface area contributed by atoms with E-state index in [1.165, 1.54) is 5.01 Å². The van der Waals surface area contributed by atoms with Crippen LogP contribution in [0.2, 0.25) is 0 Å². The molecule has 0 radical (unpaired) electrons. The molecule has 3 aliphatic rings. The molecule has 0 N–H and O–H groups in total. The minimum absolute atomic E-state index is 0.0247. The average molecular weight is 387 g/mol. The van der Waals surface area contributed by atoms with E-state index in [0.29, 0.717) is 51.1 Å². The lowest BCUT2D eigenvalue weighted by Crippen LogP contribution is -2.73. The monoisotopic (exact) mass is 387 g/mol. The zero-order valence-corrected chi connectivity index (χ0v) is 16.0. The van der Waals surface area contributed by atoms with Gasteiger partial charge in [-0.25, -0.2) is 4.79 Å². The summed E-state index contributed by atoms with van der Waals surface area (Å²) < 4.78 is 17.1. The van der Waals surface area contributed by atoms with Gasteiger partial charge in [-0.1, -0.05) is 18.2 Å². The van der Waals surface area contributed by atoms with Gasteiger partial charge in [0.05, 0.1) is 19.8 Å². The first kappa shape index (κ1) is 18.9. The number of carbonyl (C=O) groups is 2. The molecule has 8 heteroatoms. The molecular formula is C20H25N3O5. The quantitative estimate of drug-likeness (QED) is 0.789. The molecule has 2 fully saturated rings. The van der Waals surface area contributed by atoms with Crippen LogP contribution in [0.15, 0.2) is 35.4 Å². The number of amides is 1. The van der Waals surface area contributed by atoms with Gasteiger partial charge in [0.15, 0.2) is 5.78 Å². The number of morpholine rings is 1. The minimum atomic E-state index is -1.26. The second kappa shape index (κ2) is 7.89. The summed E-state index contributed by atoms with van der Waals surface area (Å²) in [4.78, 5) is 28.1. The number of nitrogens with zero attached hydrogens (tertiary/aromatic N) is 3. The third-order valence-electron chi connectivity index (χ3n) is 5.44.